The van der Waals surface area contributed by atoms with Gasteiger partial charge in [-0.1, -0.05) is 17.7 Å². The molecule has 0 aliphatic heterocycles. The summed E-state index contributed by atoms with van der Waals surface area (Å²) in [5.74, 6) is 0.504. The lowest BCUT2D eigenvalue weighted by Crippen LogP contribution is -2.25. The third kappa shape index (κ3) is 3.07. The van der Waals surface area contributed by atoms with Gasteiger partial charge in [0.1, 0.15) is 0 Å². The molecule has 1 nitrogen and oxygen atoms in total. The van der Waals surface area contributed by atoms with Gasteiger partial charge in [0.15, 0.2) is 0 Å². The molecule has 1 fully saturated rings. The first kappa shape index (κ1) is 13.3. The molecule has 1 saturated carbocycles. The van der Waals surface area contributed by atoms with Crippen LogP contribution in [0, 0.1) is 0 Å². The molecule has 0 saturated heterocycles. The second-order valence-corrected chi connectivity index (χ2v) is 6.58. The van der Waals surface area contributed by atoms with Gasteiger partial charge in [-0.2, -0.15) is 0 Å². The van der Waals surface area contributed by atoms with Gasteiger partial charge >= 0.3 is 0 Å². The van der Waals surface area contributed by atoms with Gasteiger partial charge in [0.05, 0.1) is 6.54 Å². The van der Waals surface area contributed by atoms with E-state index in [2.05, 4.69) is 28.5 Å². The highest BCUT2D eigenvalue weighted by molar-refractivity contribution is 7.09. The number of anilines is 1. The largest absolute Gasteiger partial charge is 0.363 e. The number of nitrogens with zero attached hydrogens (tertiary/aromatic N) is 1. The van der Waals surface area contributed by atoms with Crippen molar-refractivity contribution in [2.24, 2.45) is 0 Å². The van der Waals surface area contributed by atoms with Crippen molar-refractivity contribution in [3.05, 3.63) is 51.2 Å². The molecule has 2 aromatic rings. The van der Waals surface area contributed by atoms with Crippen LogP contribution in [0.4, 0.5) is 5.69 Å². The Bertz CT molecular complexity index is 549. The number of benzene rings is 1. The average molecular weight is 312 g/mol. The number of hydrogen-bond acceptors (Lipinski definition) is 2. The second-order valence-electron chi connectivity index (χ2n) is 4.85. The number of alkyl halides is 1. The summed E-state index contributed by atoms with van der Waals surface area (Å²) in [5, 5.41) is 2.89. The van der Waals surface area contributed by atoms with E-state index in [0.717, 1.165) is 17.1 Å². The predicted molar refractivity (Wildman–Crippen MR) is 84.5 cm³/mol. The Labute approximate surface area is 127 Å². The van der Waals surface area contributed by atoms with Crippen LogP contribution in [0.3, 0.4) is 0 Å². The van der Waals surface area contributed by atoms with Crippen molar-refractivity contribution in [1.82, 2.24) is 0 Å². The summed E-state index contributed by atoms with van der Waals surface area (Å²) in [6.07, 6.45) is 2.55. The van der Waals surface area contributed by atoms with Crippen molar-refractivity contribution < 1.29 is 0 Å². The molecule has 0 spiro atoms. The molecule has 0 amide bonds. The van der Waals surface area contributed by atoms with Gasteiger partial charge in [0.25, 0.3) is 0 Å². The Morgan fingerprint density at radius 3 is 2.74 bits per heavy atom. The van der Waals surface area contributed by atoms with Crippen molar-refractivity contribution in [2.75, 3.05) is 4.90 Å². The number of rotatable bonds is 5. The quantitative estimate of drug-likeness (QED) is 0.676. The fraction of sp³-hybridized carbons (Fsp3) is 0.333. The number of halogens is 2. The van der Waals surface area contributed by atoms with Gasteiger partial charge in [-0.25, -0.2) is 0 Å². The molecule has 1 aromatic heterocycles. The van der Waals surface area contributed by atoms with E-state index in [9.17, 15) is 0 Å². The van der Waals surface area contributed by atoms with E-state index >= 15 is 0 Å². The Balaban J connectivity index is 1.91. The third-order valence-corrected chi connectivity index (χ3v) is 4.77. The van der Waals surface area contributed by atoms with Crippen LogP contribution >= 0.6 is 34.5 Å². The van der Waals surface area contributed by atoms with Crippen molar-refractivity contribution in [3.63, 3.8) is 0 Å². The van der Waals surface area contributed by atoms with Crippen LogP contribution < -0.4 is 4.90 Å². The SMILES string of the molecule is ClCc1cc(Cl)ccc1N(Cc1cccs1)C1CC1. The van der Waals surface area contributed by atoms with E-state index in [1.807, 2.05) is 12.1 Å². The van der Waals surface area contributed by atoms with Gasteiger partial charge in [-0.15, -0.1) is 22.9 Å². The maximum Gasteiger partial charge on any atom is 0.0526 e. The van der Waals surface area contributed by atoms with Crippen molar-refractivity contribution >= 4 is 40.2 Å². The number of thiophene rings is 1. The average Bonchev–Trinajstić information content (AvgIpc) is 3.13. The highest BCUT2D eigenvalue weighted by Crippen LogP contribution is 2.36. The molecule has 1 heterocycles. The maximum absolute atomic E-state index is 6.07. The molecule has 0 unspecified atom stereocenters. The smallest absolute Gasteiger partial charge is 0.0526 e. The highest BCUT2D eigenvalue weighted by atomic mass is 35.5. The summed E-state index contributed by atoms with van der Waals surface area (Å²) in [5.41, 5.74) is 2.35. The Hall–Kier alpha value is -0.700. The molecule has 19 heavy (non-hydrogen) atoms. The molecule has 1 aliphatic rings. The zero-order chi connectivity index (χ0) is 13.2. The minimum atomic E-state index is 0.504. The van der Waals surface area contributed by atoms with E-state index in [0.29, 0.717) is 11.9 Å². The predicted octanol–water partition coefficient (Wildman–Crippen LogP) is 5.31. The van der Waals surface area contributed by atoms with Gasteiger partial charge < -0.3 is 4.90 Å². The maximum atomic E-state index is 6.07. The second kappa shape index (κ2) is 5.74. The van der Waals surface area contributed by atoms with E-state index in [1.54, 1.807) is 11.3 Å². The monoisotopic (exact) mass is 311 g/mol. The van der Waals surface area contributed by atoms with Crippen LogP contribution in [0.1, 0.15) is 23.3 Å². The fourth-order valence-electron chi connectivity index (χ4n) is 2.31. The summed E-state index contributed by atoms with van der Waals surface area (Å²) >= 11 is 13.9. The van der Waals surface area contributed by atoms with Crippen molar-refractivity contribution in [3.8, 4) is 0 Å². The lowest BCUT2D eigenvalue weighted by Gasteiger charge is -2.26. The Morgan fingerprint density at radius 1 is 1.26 bits per heavy atom. The summed E-state index contributed by atoms with van der Waals surface area (Å²) in [6.45, 7) is 0.966. The van der Waals surface area contributed by atoms with Crippen LogP contribution in [-0.4, -0.2) is 6.04 Å². The zero-order valence-corrected chi connectivity index (χ0v) is 12.8. The van der Waals surface area contributed by atoms with E-state index in [1.165, 1.54) is 23.4 Å². The molecule has 0 radical (unpaired) electrons. The first-order valence-corrected chi connectivity index (χ1v) is 8.20. The number of hydrogen-bond donors (Lipinski definition) is 0. The van der Waals surface area contributed by atoms with Gasteiger partial charge in [-0.3, -0.25) is 0 Å². The van der Waals surface area contributed by atoms with Crippen LogP contribution in [0.5, 0.6) is 0 Å². The topological polar surface area (TPSA) is 3.24 Å². The molecule has 1 aliphatic carbocycles. The first-order chi connectivity index (χ1) is 9.28. The van der Waals surface area contributed by atoms with E-state index in [4.69, 9.17) is 23.2 Å². The van der Waals surface area contributed by atoms with Crippen LogP contribution in [0.15, 0.2) is 35.7 Å². The highest BCUT2D eigenvalue weighted by Gasteiger charge is 2.30. The third-order valence-electron chi connectivity index (χ3n) is 3.39. The molecular weight excluding hydrogens is 297 g/mol. The van der Waals surface area contributed by atoms with Crippen molar-refractivity contribution in [2.45, 2.75) is 31.3 Å². The Morgan fingerprint density at radius 2 is 2.11 bits per heavy atom. The van der Waals surface area contributed by atoms with Gasteiger partial charge in [0.2, 0.25) is 0 Å². The lowest BCUT2D eigenvalue weighted by atomic mass is 10.1. The molecule has 1 aromatic carbocycles. The van der Waals surface area contributed by atoms with Gasteiger partial charge in [0, 0.05) is 27.5 Å². The fourth-order valence-corrected chi connectivity index (χ4v) is 3.42. The normalized spacial score (nSPS) is 14.6. The molecule has 3 rings (SSSR count). The Kier molecular flexibility index (Phi) is 4.01. The minimum Gasteiger partial charge on any atom is -0.363 e. The summed E-state index contributed by atoms with van der Waals surface area (Å²) in [4.78, 5) is 3.86. The molecule has 0 atom stereocenters. The standard InChI is InChI=1S/C15H15Cl2NS/c16-9-11-8-12(17)3-6-15(11)18(13-4-5-13)10-14-2-1-7-19-14/h1-3,6-8,13H,4-5,9-10H2. The summed E-state index contributed by atoms with van der Waals surface area (Å²) < 4.78 is 0. The zero-order valence-electron chi connectivity index (χ0n) is 10.5. The summed E-state index contributed by atoms with van der Waals surface area (Å²) in [6, 6.07) is 11.0. The lowest BCUT2D eigenvalue weighted by molar-refractivity contribution is 0.799. The van der Waals surface area contributed by atoms with Crippen LogP contribution in [0.25, 0.3) is 0 Å². The molecule has 0 bridgehead atoms. The molecule has 100 valence electrons. The molecule has 4 heteroatoms. The van der Waals surface area contributed by atoms with E-state index in [-0.39, 0.29) is 0 Å². The first-order valence-electron chi connectivity index (χ1n) is 6.41. The molecular formula is C15H15Cl2NS. The minimum absolute atomic E-state index is 0.504. The summed E-state index contributed by atoms with van der Waals surface area (Å²) in [7, 11) is 0. The van der Waals surface area contributed by atoms with Gasteiger partial charge in [-0.05, 0) is 48.1 Å². The van der Waals surface area contributed by atoms with Crippen LogP contribution in [-0.2, 0) is 12.4 Å². The van der Waals surface area contributed by atoms with Crippen LogP contribution in [0.2, 0.25) is 5.02 Å². The molecule has 0 N–H and O–H groups in total. The van der Waals surface area contributed by atoms with Crippen molar-refractivity contribution in [1.29, 1.82) is 0 Å². The van der Waals surface area contributed by atoms with E-state index < -0.39 is 0 Å².